The summed E-state index contributed by atoms with van der Waals surface area (Å²) in [7, 11) is 0. The molecule has 2 aliphatic rings. The Morgan fingerprint density at radius 1 is 1.29 bits per heavy atom. The molecule has 1 heterocycles. The summed E-state index contributed by atoms with van der Waals surface area (Å²) in [5, 5.41) is 0.961. The number of hydrogen-bond acceptors (Lipinski definition) is 1. The monoisotopic (exact) mass is 247 g/mol. The van der Waals surface area contributed by atoms with E-state index in [1.165, 1.54) is 41.7 Å². The van der Waals surface area contributed by atoms with Crippen molar-refractivity contribution in [3.05, 3.63) is 33.8 Å². The van der Waals surface area contributed by atoms with Gasteiger partial charge in [0.05, 0.1) is 0 Å². The molecule has 2 heteroatoms. The number of hydrogen-bond donors (Lipinski definition) is 0. The van der Waals surface area contributed by atoms with Crippen molar-refractivity contribution in [1.29, 1.82) is 0 Å². The van der Waals surface area contributed by atoms with Crippen LogP contribution in [0.1, 0.15) is 36.5 Å². The molecule has 0 saturated heterocycles. The van der Waals surface area contributed by atoms with Gasteiger partial charge in [-0.15, -0.1) is 0 Å². The van der Waals surface area contributed by atoms with Crippen LogP contribution in [0.5, 0.6) is 0 Å². The van der Waals surface area contributed by atoms with Crippen LogP contribution in [0.2, 0.25) is 5.02 Å². The highest BCUT2D eigenvalue weighted by Crippen LogP contribution is 2.32. The van der Waals surface area contributed by atoms with Gasteiger partial charge in [0.2, 0.25) is 0 Å². The minimum atomic E-state index is 0.741. The van der Waals surface area contributed by atoms with E-state index in [0.29, 0.717) is 0 Å². The van der Waals surface area contributed by atoms with Crippen LogP contribution in [-0.4, -0.2) is 12.3 Å². The molecule has 90 valence electrons. The normalized spacial score (nSPS) is 22.7. The topological polar surface area (TPSA) is 12.4 Å². The summed E-state index contributed by atoms with van der Waals surface area (Å²) in [5.74, 6) is 0.741. The minimum Gasteiger partial charge on any atom is -0.293 e. The first-order chi connectivity index (χ1) is 8.24. The van der Waals surface area contributed by atoms with Gasteiger partial charge in [-0.2, -0.15) is 0 Å². The van der Waals surface area contributed by atoms with Gasteiger partial charge in [-0.25, -0.2) is 0 Å². The third-order valence-electron chi connectivity index (χ3n) is 3.93. The van der Waals surface area contributed by atoms with Gasteiger partial charge in [-0.1, -0.05) is 24.6 Å². The molecular weight excluding hydrogens is 230 g/mol. The quantitative estimate of drug-likeness (QED) is 0.753. The zero-order chi connectivity index (χ0) is 11.8. The first-order valence-corrected chi connectivity index (χ1v) is 6.93. The largest absolute Gasteiger partial charge is 0.293 e. The van der Waals surface area contributed by atoms with Crippen molar-refractivity contribution in [3.63, 3.8) is 0 Å². The highest BCUT2D eigenvalue weighted by Gasteiger charge is 2.20. The van der Waals surface area contributed by atoms with E-state index in [-0.39, 0.29) is 0 Å². The van der Waals surface area contributed by atoms with Gasteiger partial charge in [-0.05, 0) is 54.4 Å². The van der Waals surface area contributed by atoms with Crippen molar-refractivity contribution < 1.29 is 0 Å². The Labute approximate surface area is 108 Å². The predicted molar refractivity (Wildman–Crippen MR) is 73.3 cm³/mol. The molecule has 1 atom stereocenters. The summed E-state index contributed by atoms with van der Waals surface area (Å²) >= 11 is 6.25. The predicted octanol–water partition coefficient (Wildman–Crippen LogP) is 3.85. The number of benzene rings is 1. The third-order valence-corrected chi connectivity index (χ3v) is 4.28. The molecule has 0 N–H and O–H groups in total. The van der Waals surface area contributed by atoms with E-state index in [4.69, 9.17) is 11.6 Å². The van der Waals surface area contributed by atoms with Gasteiger partial charge in [0.25, 0.3) is 0 Å². The Bertz CT molecular complexity index is 476. The van der Waals surface area contributed by atoms with Crippen LogP contribution in [0.4, 0.5) is 0 Å². The van der Waals surface area contributed by atoms with E-state index in [1.807, 2.05) is 0 Å². The van der Waals surface area contributed by atoms with Gasteiger partial charge in [0.1, 0.15) is 0 Å². The lowest BCUT2D eigenvalue weighted by Crippen LogP contribution is -2.04. The molecule has 0 fully saturated rings. The van der Waals surface area contributed by atoms with E-state index in [2.05, 4.69) is 24.0 Å². The maximum absolute atomic E-state index is 6.25. The summed E-state index contributed by atoms with van der Waals surface area (Å²) in [6.07, 6.45) is 5.84. The molecule has 1 nitrogen and oxygen atoms in total. The summed E-state index contributed by atoms with van der Waals surface area (Å²) < 4.78 is 0. The molecule has 0 radical (unpaired) electrons. The molecule has 1 unspecified atom stereocenters. The molecular formula is C15H18ClN. The lowest BCUT2D eigenvalue weighted by atomic mass is 9.96. The fraction of sp³-hybridized carbons (Fsp3) is 0.533. The van der Waals surface area contributed by atoms with E-state index >= 15 is 0 Å². The molecule has 17 heavy (non-hydrogen) atoms. The van der Waals surface area contributed by atoms with Gasteiger partial charge < -0.3 is 0 Å². The summed E-state index contributed by atoms with van der Waals surface area (Å²) in [4.78, 5) is 4.64. The average Bonchev–Trinajstić information content (AvgIpc) is 2.92. The van der Waals surface area contributed by atoms with Crippen LogP contribution in [0, 0.1) is 5.92 Å². The molecule has 0 saturated carbocycles. The van der Waals surface area contributed by atoms with E-state index in [1.54, 1.807) is 0 Å². The number of aliphatic imine (C=N–C) groups is 1. The zero-order valence-electron chi connectivity index (χ0n) is 10.3. The molecule has 0 spiro atoms. The Hall–Kier alpha value is -0.820. The molecule has 3 rings (SSSR count). The highest BCUT2D eigenvalue weighted by atomic mass is 35.5. The molecule has 0 amide bonds. The highest BCUT2D eigenvalue weighted by molar-refractivity contribution is 6.31. The van der Waals surface area contributed by atoms with Crippen molar-refractivity contribution in [3.8, 4) is 0 Å². The maximum Gasteiger partial charge on any atom is 0.0440 e. The molecule has 1 aliphatic carbocycles. The molecule has 1 aromatic carbocycles. The van der Waals surface area contributed by atoms with Crippen LogP contribution in [0.3, 0.4) is 0 Å². The van der Waals surface area contributed by atoms with Crippen LogP contribution in [-0.2, 0) is 19.3 Å². The van der Waals surface area contributed by atoms with E-state index in [0.717, 1.165) is 30.3 Å². The second-order valence-corrected chi connectivity index (χ2v) is 5.82. The Morgan fingerprint density at radius 2 is 2.12 bits per heavy atom. The molecule has 1 aromatic rings. The smallest absolute Gasteiger partial charge is 0.0440 e. The third kappa shape index (κ3) is 2.13. The lowest BCUT2D eigenvalue weighted by molar-refractivity contribution is 0.663. The molecule has 0 aromatic heterocycles. The van der Waals surface area contributed by atoms with E-state index in [9.17, 15) is 0 Å². The standard InChI is InChI=1S/C15H18ClN/c1-10-7-12(17-9-10)8-11-5-6-15(16)14-4-2-3-13(11)14/h5-6,10H,2-4,7-9H2,1H3. The second-order valence-electron chi connectivity index (χ2n) is 5.41. The second kappa shape index (κ2) is 4.45. The van der Waals surface area contributed by atoms with Gasteiger partial charge >= 0.3 is 0 Å². The Morgan fingerprint density at radius 3 is 2.88 bits per heavy atom. The summed E-state index contributed by atoms with van der Waals surface area (Å²) in [6, 6.07) is 4.28. The number of rotatable bonds is 2. The van der Waals surface area contributed by atoms with E-state index < -0.39 is 0 Å². The van der Waals surface area contributed by atoms with Crippen molar-refractivity contribution >= 4 is 17.3 Å². The van der Waals surface area contributed by atoms with Crippen molar-refractivity contribution in [1.82, 2.24) is 0 Å². The SMILES string of the molecule is CC1CN=C(Cc2ccc(Cl)c3c2CCC3)C1. The number of halogens is 1. The fourth-order valence-corrected chi connectivity index (χ4v) is 3.34. The maximum atomic E-state index is 6.25. The number of nitrogens with zero attached hydrogens (tertiary/aromatic N) is 1. The van der Waals surface area contributed by atoms with Gasteiger partial charge in [0, 0.05) is 23.7 Å². The van der Waals surface area contributed by atoms with Gasteiger partial charge in [0.15, 0.2) is 0 Å². The first kappa shape index (κ1) is 11.3. The lowest BCUT2D eigenvalue weighted by Gasteiger charge is -2.10. The molecule has 0 bridgehead atoms. The summed E-state index contributed by atoms with van der Waals surface area (Å²) in [5.41, 5.74) is 5.76. The van der Waals surface area contributed by atoms with Crippen LogP contribution < -0.4 is 0 Å². The summed E-state index contributed by atoms with van der Waals surface area (Å²) in [6.45, 7) is 3.30. The fourth-order valence-electron chi connectivity index (χ4n) is 3.07. The number of fused-ring (bicyclic) bond motifs is 1. The minimum absolute atomic E-state index is 0.741. The zero-order valence-corrected chi connectivity index (χ0v) is 11.1. The van der Waals surface area contributed by atoms with Crippen LogP contribution in [0.25, 0.3) is 0 Å². The van der Waals surface area contributed by atoms with Crippen molar-refractivity contribution in [2.45, 2.75) is 39.0 Å². The first-order valence-electron chi connectivity index (χ1n) is 6.55. The van der Waals surface area contributed by atoms with Crippen molar-refractivity contribution in [2.24, 2.45) is 10.9 Å². The molecule has 1 aliphatic heterocycles. The van der Waals surface area contributed by atoms with Crippen LogP contribution in [0.15, 0.2) is 17.1 Å². The Kier molecular flexibility index (Phi) is 2.96. The average molecular weight is 248 g/mol. The van der Waals surface area contributed by atoms with Gasteiger partial charge in [-0.3, -0.25) is 4.99 Å². The van der Waals surface area contributed by atoms with Crippen molar-refractivity contribution in [2.75, 3.05) is 6.54 Å². The van der Waals surface area contributed by atoms with Crippen LogP contribution >= 0.6 is 11.6 Å². The Balaban J connectivity index is 1.87.